The number of hydrogen-bond donors (Lipinski definition) is 2. The highest BCUT2D eigenvalue weighted by atomic mass is 15.0. The SMILES string of the molecule is CNCC(C)NCc1ccc(C)c(C)c1. The van der Waals surface area contributed by atoms with Gasteiger partial charge in [-0.3, -0.25) is 0 Å². The molecule has 0 aliphatic heterocycles. The molecule has 0 heterocycles. The first-order chi connectivity index (χ1) is 7.13. The monoisotopic (exact) mass is 206 g/mol. The molecule has 2 heteroatoms. The Hall–Kier alpha value is -0.860. The van der Waals surface area contributed by atoms with Gasteiger partial charge in [0.15, 0.2) is 0 Å². The lowest BCUT2D eigenvalue weighted by Crippen LogP contribution is -2.34. The van der Waals surface area contributed by atoms with Crippen molar-refractivity contribution in [2.45, 2.75) is 33.4 Å². The van der Waals surface area contributed by atoms with E-state index >= 15 is 0 Å². The number of hydrogen-bond acceptors (Lipinski definition) is 2. The molecule has 15 heavy (non-hydrogen) atoms. The lowest BCUT2D eigenvalue weighted by atomic mass is 10.1. The highest BCUT2D eigenvalue weighted by Gasteiger charge is 2.00. The van der Waals surface area contributed by atoms with Gasteiger partial charge in [-0.05, 0) is 44.5 Å². The summed E-state index contributed by atoms with van der Waals surface area (Å²) < 4.78 is 0. The summed E-state index contributed by atoms with van der Waals surface area (Å²) in [5.41, 5.74) is 4.10. The van der Waals surface area contributed by atoms with Crippen molar-refractivity contribution in [2.24, 2.45) is 0 Å². The van der Waals surface area contributed by atoms with Crippen LogP contribution in [0.15, 0.2) is 18.2 Å². The summed E-state index contributed by atoms with van der Waals surface area (Å²) in [5.74, 6) is 0. The number of nitrogens with one attached hydrogen (secondary N) is 2. The normalized spacial score (nSPS) is 12.8. The summed E-state index contributed by atoms with van der Waals surface area (Å²) in [4.78, 5) is 0. The molecule has 0 saturated carbocycles. The number of likely N-dealkylation sites (N-methyl/N-ethyl adjacent to an activating group) is 1. The fraction of sp³-hybridized carbons (Fsp3) is 0.538. The third-order valence-corrected chi connectivity index (χ3v) is 2.74. The molecule has 0 bridgehead atoms. The van der Waals surface area contributed by atoms with Crippen LogP contribution in [0.25, 0.3) is 0 Å². The van der Waals surface area contributed by atoms with Crippen LogP contribution in [0.1, 0.15) is 23.6 Å². The second-order valence-electron chi connectivity index (χ2n) is 4.26. The van der Waals surface area contributed by atoms with Gasteiger partial charge >= 0.3 is 0 Å². The Bertz CT molecular complexity index is 307. The van der Waals surface area contributed by atoms with Gasteiger partial charge < -0.3 is 10.6 Å². The Kier molecular flexibility index (Phi) is 4.79. The van der Waals surface area contributed by atoms with Crippen LogP contribution in [0.5, 0.6) is 0 Å². The minimum atomic E-state index is 0.511. The Balaban J connectivity index is 2.47. The van der Waals surface area contributed by atoms with E-state index < -0.39 is 0 Å². The molecule has 0 spiro atoms. The number of aryl methyl sites for hydroxylation is 2. The van der Waals surface area contributed by atoms with E-state index in [1.807, 2.05) is 7.05 Å². The summed E-state index contributed by atoms with van der Waals surface area (Å²) >= 11 is 0. The molecule has 0 aromatic heterocycles. The molecule has 1 unspecified atom stereocenters. The van der Waals surface area contributed by atoms with Crippen LogP contribution in [0, 0.1) is 13.8 Å². The van der Waals surface area contributed by atoms with E-state index in [1.54, 1.807) is 0 Å². The molecule has 1 aromatic carbocycles. The zero-order valence-corrected chi connectivity index (χ0v) is 10.2. The summed E-state index contributed by atoms with van der Waals surface area (Å²) in [5, 5.41) is 6.65. The molecule has 0 aliphatic carbocycles. The predicted octanol–water partition coefficient (Wildman–Crippen LogP) is 2.00. The van der Waals surface area contributed by atoms with E-state index in [0.717, 1.165) is 13.1 Å². The Labute approximate surface area is 93.1 Å². The average molecular weight is 206 g/mol. The summed E-state index contributed by atoms with van der Waals surface area (Å²) in [6.07, 6.45) is 0. The molecule has 0 aliphatic rings. The van der Waals surface area contributed by atoms with Crippen molar-refractivity contribution < 1.29 is 0 Å². The summed E-state index contributed by atoms with van der Waals surface area (Å²) in [6.45, 7) is 8.46. The van der Waals surface area contributed by atoms with E-state index in [1.165, 1.54) is 16.7 Å². The van der Waals surface area contributed by atoms with Gasteiger partial charge in [0.05, 0.1) is 0 Å². The van der Waals surface area contributed by atoms with Crippen LogP contribution >= 0.6 is 0 Å². The fourth-order valence-corrected chi connectivity index (χ4v) is 1.58. The van der Waals surface area contributed by atoms with Crippen molar-refractivity contribution >= 4 is 0 Å². The van der Waals surface area contributed by atoms with Crippen LogP contribution in [0.4, 0.5) is 0 Å². The minimum absolute atomic E-state index is 0.511. The van der Waals surface area contributed by atoms with E-state index in [4.69, 9.17) is 0 Å². The standard InChI is InChI=1S/C13H22N2/c1-10-5-6-13(7-11(10)2)9-15-12(3)8-14-4/h5-7,12,14-15H,8-9H2,1-4H3. The van der Waals surface area contributed by atoms with Crippen LogP contribution in [-0.2, 0) is 6.54 Å². The Morgan fingerprint density at radius 3 is 2.53 bits per heavy atom. The van der Waals surface area contributed by atoms with Crippen molar-refractivity contribution in [1.29, 1.82) is 0 Å². The minimum Gasteiger partial charge on any atom is -0.318 e. The first kappa shape index (κ1) is 12.2. The Morgan fingerprint density at radius 2 is 1.93 bits per heavy atom. The number of rotatable bonds is 5. The quantitative estimate of drug-likeness (QED) is 0.770. The van der Waals surface area contributed by atoms with Gasteiger partial charge in [-0.2, -0.15) is 0 Å². The fourth-order valence-electron chi connectivity index (χ4n) is 1.58. The van der Waals surface area contributed by atoms with Crippen LogP contribution in [-0.4, -0.2) is 19.6 Å². The van der Waals surface area contributed by atoms with Gasteiger partial charge in [0.2, 0.25) is 0 Å². The highest BCUT2D eigenvalue weighted by Crippen LogP contribution is 2.09. The molecule has 84 valence electrons. The molecule has 1 atom stereocenters. The van der Waals surface area contributed by atoms with E-state index in [-0.39, 0.29) is 0 Å². The maximum absolute atomic E-state index is 3.48. The smallest absolute Gasteiger partial charge is 0.0208 e. The molecule has 0 amide bonds. The lowest BCUT2D eigenvalue weighted by molar-refractivity contribution is 0.523. The third-order valence-electron chi connectivity index (χ3n) is 2.74. The average Bonchev–Trinajstić information content (AvgIpc) is 2.20. The van der Waals surface area contributed by atoms with Gasteiger partial charge in [0.25, 0.3) is 0 Å². The van der Waals surface area contributed by atoms with Gasteiger partial charge in [0.1, 0.15) is 0 Å². The summed E-state index contributed by atoms with van der Waals surface area (Å²) in [7, 11) is 1.98. The summed E-state index contributed by atoms with van der Waals surface area (Å²) in [6, 6.07) is 7.15. The molecule has 1 rings (SSSR count). The molecule has 2 N–H and O–H groups in total. The molecule has 0 radical (unpaired) electrons. The van der Waals surface area contributed by atoms with E-state index in [9.17, 15) is 0 Å². The molecular weight excluding hydrogens is 184 g/mol. The van der Waals surface area contributed by atoms with Gasteiger partial charge in [-0.15, -0.1) is 0 Å². The van der Waals surface area contributed by atoms with E-state index in [2.05, 4.69) is 49.6 Å². The molecule has 0 fully saturated rings. The zero-order chi connectivity index (χ0) is 11.3. The highest BCUT2D eigenvalue weighted by molar-refractivity contribution is 5.29. The van der Waals surface area contributed by atoms with Crippen molar-refractivity contribution in [3.8, 4) is 0 Å². The third kappa shape index (κ3) is 4.02. The molecule has 1 aromatic rings. The predicted molar refractivity (Wildman–Crippen MR) is 66.1 cm³/mol. The van der Waals surface area contributed by atoms with Crippen LogP contribution in [0.3, 0.4) is 0 Å². The van der Waals surface area contributed by atoms with Crippen molar-refractivity contribution in [3.05, 3.63) is 34.9 Å². The largest absolute Gasteiger partial charge is 0.318 e. The Morgan fingerprint density at radius 1 is 1.20 bits per heavy atom. The molecule has 2 nitrogen and oxygen atoms in total. The van der Waals surface area contributed by atoms with Crippen LogP contribution in [0.2, 0.25) is 0 Å². The van der Waals surface area contributed by atoms with Gasteiger partial charge in [-0.25, -0.2) is 0 Å². The maximum Gasteiger partial charge on any atom is 0.0208 e. The van der Waals surface area contributed by atoms with E-state index in [0.29, 0.717) is 6.04 Å². The second kappa shape index (κ2) is 5.89. The van der Waals surface area contributed by atoms with Gasteiger partial charge in [-0.1, -0.05) is 18.2 Å². The van der Waals surface area contributed by atoms with Crippen LogP contribution < -0.4 is 10.6 Å². The lowest BCUT2D eigenvalue weighted by Gasteiger charge is -2.13. The molecular formula is C13H22N2. The van der Waals surface area contributed by atoms with Crippen molar-refractivity contribution in [3.63, 3.8) is 0 Å². The van der Waals surface area contributed by atoms with Gasteiger partial charge in [0, 0.05) is 19.1 Å². The first-order valence-electron chi connectivity index (χ1n) is 5.57. The van der Waals surface area contributed by atoms with Crippen molar-refractivity contribution in [1.82, 2.24) is 10.6 Å². The first-order valence-corrected chi connectivity index (χ1v) is 5.57. The van der Waals surface area contributed by atoms with Crippen molar-refractivity contribution in [2.75, 3.05) is 13.6 Å². The zero-order valence-electron chi connectivity index (χ0n) is 10.2. The second-order valence-corrected chi connectivity index (χ2v) is 4.26. The molecule has 0 saturated heterocycles. The number of benzene rings is 1. The maximum atomic E-state index is 3.48. The topological polar surface area (TPSA) is 24.1 Å².